The highest BCUT2D eigenvalue weighted by Gasteiger charge is 2.14. The highest BCUT2D eigenvalue weighted by molar-refractivity contribution is 5.85. The molecule has 0 aliphatic carbocycles. The molecule has 2 rings (SSSR count). The third-order valence-electron chi connectivity index (χ3n) is 3.15. The van der Waals surface area contributed by atoms with Crippen LogP contribution in [0.2, 0.25) is 0 Å². The van der Waals surface area contributed by atoms with Crippen molar-refractivity contribution in [3.63, 3.8) is 0 Å². The predicted octanol–water partition coefficient (Wildman–Crippen LogP) is 0.963. The van der Waals surface area contributed by atoms with Crippen molar-refractivity contribution in [3.05, 3.63) is 35.4 Å². The topological polar surface area (TPSA) is 58.4 Å². The molecule has 19 heavy (non-hydrogen) atoms. The van der Waals surface area contributed by atoms with Gasteiger partial charge in [-0.3, -0.25) is 9.69 Å². The van der Waals surface area contributed by atoms with Gasteiger partial charge in [-0.1, -0.05) is 24.3 Å². The Morgan fingerprint density at radius 2 is 1.95 bits per heavy atom. The number of carbonyl (C=O) groups excluding carboxylic acids is 1. The molecule has 1 aliphatic heterocycles. The molecule has 1 heterocycles. The Balaban J connectivity index is 0.00000162. The van der Waals surface area contributed by atoms with Crippen molar-refractivity contribution < 1.29 is 4.79 Å². The molecule has 1 aliphatic rings. The Morgan fingerprint density at radius 3 is 2.63 bits per heavy atom. The molecule has 0 radical (unpaired) electrons. The average molecular weight is 306 g/mol. The van der Waals surface area contributed by atoms with Crippen LogP contribution >= 0.6 is 24.8 Å². The molecule has 0 atom stereocenters. The van der Waals surface area contributed by atoms with Gasteiger partial charge in [-0.05, 0) is 17.5 Å². The van der Waals surface area contributed by atoms with Gasteiger partial charge in [-0.15, -0.1) is 24.8 Å². The number of hydrogen-bond acceptors (Lipinski definition) is 3. The third kappa shape index (κ3) is 5.37. The second-order valence-corrected chi connectivity index (χ2v) is 4.35. The SMILES string of the molecule is Cl.Cl.NCC(=O)NCCN1CCc2ccccc2C1. The van der Waals surface area contributed by atoms with Gasteiger partial charge in [0.05, 0.1) is 6.54 Å². The lowest BCUT2D eigenvalue weighted by molar-refractivity contribution is -0.119. The number of benzene rings is 1. The summed E-state index contributed by atoms with van der Waals surface area (Å²) >= 11 is 0. The summed E-state index contributed by atoms with van der Waals surface area (Å²) in [7, 11) is 0. The minimum Gasteiger partial charge on any atom is -0.354 e. The van der Waals surface area contributed by atoms with E-state index in [1.54, 1.807) is 0 Å². The fraction of sp³-hybridized carbons (Fsp3) is 0.462. The van der Waals surface area contributed by atoms with Crippen LogP contribution in [0.5, 0.6) is 0 Å². The van der Waals surface area contributed by atoms with Crippen molar-refractivity contribution in [2.45, 2.75) is 13.0 Å². The van der Waals surface area contributed by atoms with Crippen LogP contribution in [-0.2, 0) is 17.8 Å². The van der Waals surface area contributed by atoms with Crippen LogP contribution in [0.1, 0.15) is 11.1 Å². The molecule has 108 valence electrons. The number of carbonyl (C=O) groups is 1. The normalized spacial score (nSPS) is 13.7. The molecular formula is C13H21Cl2N3O. The zero-order valence-electron chi connectivity index (χ0n) is 10.8. The molecule has 4 nitrogen and oxygen atoms in total. The Morgan fingerprint density at radius 1 is 1.26 bits per heavy atom. The van der Waals surface area contributed by atoms with Gasteiger partial charge in [0.2, 0.25) is 5.91 Å². The fourth-order valence-electron chi connectivity index (χ4n) is 2.17. The van der Waals surface area contributed by atoms with Gasteiger partial charge < -0.3 is 11.1 Å². The van der Waals surface area contributed by atoms with E-state index in [4.69, 9.17) is 5.73 Å². The van der Waals surface area contributed by atoms with Gasteiger partial charge in [-0.25, -0.2) is 0 Å². The number of rotatable bonds is 4. The van der Waals surface area contributed by atoms with Crippen LogP contribution in [0.3, 0.4) is 0 Å². The van der Waals surface area contributed by atoms with Crippen LogP contribution in [0, 0.1) is 0 Å². The van der Waals surface area contributed by atoms with E-state index in [1.165, 1.54) is 11.1 Å². The Bertz CT molecular complexity index is 401. The summed E-state index contributed by atoms with van der Waals surface area (Å²) in [6.07, 6.45) is 1.10. The molecule has 0 unspecified atom stereocenters. The van der Waals surface area contributed by atoms with Crippen LogP contribution < -0.4 is 11.1 Å². The van der Waals surface area contributed by atoms with Gasteiger partial charge in [0.1, 0.15) is 0 Å². The minimum atomic E-state index is -0.0811. The summed E-state index contributed by atoms with van der Waals surface area (Å²) in [6.45, 7) is 3.69. The summed E-state index contributed by atoms with van der Waals surface area (Å²) in [5.74, 6) is -0.0811. The van der Waals surface area contributed by atoms with E-state index in [9.17, 15) is 4.79 Å². The highest BCUT2D eigenvalue weighted by Crippen LogP contribution is 2.17. The Labute approximate surface area is 126 Å². The maximum atomic E-state index is 11.0. The Kier molecular flexibility index (Phi) is 8.76. The van der Waals surface area contributed by atoms with E-state index >= 15 is 0 Å². The summed E-state index contributed by atoms with van der Waals surface area (Å²) < 4.78 is 0. The number of amides is 1. The molecule has 0 spiro atoms. The van der Waals surface area contributed by atoms with E-state index in [-0.39, 0.29) is 37.3 Å². The van der Waals surface area contributed by atoms with Gasteiger partial charge in [0, 0.05) is 26.2 Å². The fourth-order valence-corrected chi connectivity index (χ4v) is 2.17. The first kappa shape index (κ1) is 18.2. The first-order chi connectivity index (χ1) is 8.29. The maximum Gasteiger partial charge on any atom is 0.233 e. The van der Waals surface area contributed by atoms with Crippen LogP contribution in [-0.4, -0.2) is 37.0 Å². The lowest BCUT2D eigenvalue weighted by Gasteiger charge is -2.28. The number of halogens is 2. The number of nitrogens with zero attached hydrogens (tertiary/aromatic N) is 1. The summed E-state index contributed by atoms with van der Waals surface area (Å²) in [4.78, 5) is 13.4. The smallest absolute Gasteiger partial charge is 0.233 e. The van der Waals surface area contributed by atoms with Crippen molar-refractivity contribution >= 4 is 30.7 Å². The molecule has 0 aromatic heterocycles. The number of nitrogens with one attached hydrogen (secondary N) is 1. The third-order valence-corrected chi connectivity index (χ3v) is 3.15. The van der Waals surface area contributed by atoms with Crippen molar-refractivity contribution in [2.75, 3.05) is 26.2 Å². The van der Waals surface area contributed by atoms with E-state index in [1.807, 2.05) is 0 Å². The summed E-state index contributed by atoms with van der Waals surface area (Å²) in [6, 6.07) is 8.55. The minimum absolute atomic E-state index is 0. The van der Waals surface area contributed by atoms with Gasteiger partial charge >= 0.3 is 0 Å². The lowest BCUT2D eigenvalue weighted by atomic mass is 10.00. The second kappa shape index (κ2) is 9.15. The maximum absolute atomic E-state index is 11.0. The van der Waals surface area contributed by atoms with Crippen LogP contribution in [0.15, 0.2) is 24.3 Å². The van der Waals surface area contributed by atoms with E-state index in [2.05, 4.69) is 34.5 Å². The lowest BCUT2D eigenvalue weighted by Crippen LogP contribution is -2.39. The molecule has 0 bridgehead atoms. The molecule has 1 amide bonds. The first-order valence-corrected chi connectivity index (χ1v) is 6.05. The van der Waals surface area contributed by atoms with Crippen molar-refractivity contribution in [1.29, 1.82) is 0 Å². The zero-order valence-corrected chi connectivity index (χ0v) is 12.4. The van der Waals surface area contributed by atoms with Crippen LogP contribution in [0.25, 0.3) is 0 Å². The molecule has 0 saturated heterocycles. The van der Waals surface area contributed by atoms with Crippen LogP contribution in [0.4, 0.5) is 0 Å². The first-order valence-electron chi connectivity index (χ1n) is 6.05. The second-order valence-electron chi connectivity index (χ2n) is 4.35. The average Bonchev–Trinajstić information content (AvgIpc) is 2.38. The largest absolute Gasteiger partial charge is 0.354 e. The molecule has 6 heteroatoms. The van der Waals surface area contributed by atoms with Crippen molar-refractivity contribution in [2.24, 2.45) is 5.73 Å². The Hall–Kier alpha value is -0.810. The van der Waals surface area contributed by atoms with Gasteiger partial charge in [0.25, 0.3) is 0 Å². The van der Waals surface area contributed by atoms with Crippen molar-refractivity contribution in [3.8, 4) is 0 Å². The van der Waals surface area contributed by atoms with E-state index in [0.29, 0.717) is 6.54 Å². The van der Waals surface area contributed by atoms with Gasteiger partial charge in [0.15, 0.2) is 0 Å². The molecule has 3 N–H and O–H groups in total. The van der Waals surface area contributed by atoms with Gasteiger partial charge in [-0.2, -0.15) is 0 Å². The summed E-state index contributed by atoms with van der Waals surface area (Å²) in [5.41, 5.74) is 8.09. The molecule has 0 saturated carbocycles. The molecule has 0 fully saturated rings. The predicted molar refractivity (Wildman–Crippen MR) is 82.0 cm³/mol. The van der Waals surface area contributed by atoms with E-state index < -0.39 is 0 Å². The van der Waals surface area contributed by atoms with E-state index in [0.717, 1.165) is 26.1 Å². The number of hydrogen-bond donors (Lipinski definition) is 2. The molecular weight excluding hydrogens is 285 g/mol. The monoisotopic (exact) mass is 305 g/mol. The summed E-state index contributed by atoms with van der Waals surface area (Å²) in [5, 5.41) is 2.80. The molecule has 1 aromatic rings. The standard InChI is InChI=1S/C13H19N3O.2ClH/c14-9-13(17)15-6-8-16-7-5-11-3-1-2-4-12(11)10-16;;/h1-4H,5-10,14H2,(H,15,17);2*1H. The zero-order chi connectivity index (χ0) is 12.1. The number of fused-ring (bicyclic) bond motifs is 1. The molecule has 1 aromatic carbocycles. The van der Waals surface area contributed by atoms with Crippen molar-refractivity contribution in [1.82, 2.24) is 10.2 Å². The quantitative estimate of drug-likeness (QED) is 0.871. The highest BCUT2D eigenvalue weighted by atomic mass is 35.5. The number of nitrogens with two attached hydrogens (primary N) is 1.